The maximum atomic E-state index is 12.5. The molecule has 0 aliphatic heterocycles. The zero-order valence-electron chi connectivity index (χ0n) is 13.7. The molecule has 12 heteroatoms. The molecule has 0 unspecified atom stereocenters. The standard InChI is InChI=1S/C13H15N3O9/c1-6(13(18)25-4)14-12(17)9-10(23-2)7(15(19)20)5-8(16(21)22)11(9)24-3/h5-6H,1-4H3,(H,14,17)/t6-/m1/s1. The van der Waals surface area contributed by atoms with Crippen LogP contribution in [0.3, 0.4) is 0 Å². The monoisotopic (exact) mass is 357 g/mol. The van der Waals surface area contributed by atoms with E-state index in [2.05, 4.69) is 10.1 Å². The average molecular weight is 357 g/mol. The van der Waals surface area contributed by atoms with Crippen LogP contribution in [0.1, 0.15) is 17.3 Å². The first-order valence-corrected chi connectivity index (χ1v) is 6.65. The molecule has 1 amide bonds. The number of nitrogens with one attached hydrogen (secondary N) is 1. The fourth-order valence-electron chi connectivity index (χ4n) is 2.02. The van der Waals surface area contributed by atoms with Crippen molar-refractivity contribution in [1.82, 2.24) is 5.32 Å². The number of nitro groups is 2. The quantitative estimate of drug-likeness (QED) is 0.423. The first kappa shape index (κ1) is 19.6. The number of benzene rings is 1. The van der Waals surface area contributed by atoms with Gasteiger partial charge < -0.3 is 19.5 Å². The molecule has 1 aromatic carbocycles. The third kappa shape index (κ3) is 3.91. The number of amides is 1. The lowest BCUT2D eigenvalue weighted by atomic mass is 10.1. The molecule has 0 spiro atoms. The Hall–Kier alpha value is -3.44. The highest BCUT2D eigenvalue weighted by molar-refractivity contribution is 6.04. The van der Waals surface area contributed by atoms with E-state index >= 15 is 0 Å². The number of nitro benzene ring substituents is 2. The van der Waals surface area contributed by atoms with Crippen LogP contribution in [0.25, 0.3) is 0 Å². The fourth-order valence-corrected chi connectivity index (χ4v) is 2.02. The topological polar surface area (TPSA) is 160 Å². The summed E-state index contributed by atoms with van der Waals surface area (Å²) in [5.74, 6) is -2.91. The Bertz CT molecular complexity index is 692. The molecule has 0 saturated heterocycles. The van der Waals surface area contributed by atoms with Gasteiger partial charge in [0.1, 0.15) is 17.7 Å². The first-order valence-electron chi connectivity index (χ1n) is 6.65. The van der Waals surface area contributed by atoms with Crippen molar-refractivity contribution < 1.29 is 33.6 Å². The molecule has 1 N–H and O–H groups in total. The van der Waals surface area contributed by atoms with E-state index in [0.717, 1.165) is 21.3 Å². The van der Waals surface area contributed by atoms with Crippen LogP contribution in [0.15, 0.2) is 6.07 Å². The highest BCUT2D eigenvalue weighted by atomic mass is 16.6. The number of nitrogens with zero attached hydrogens (tertiary/aromatic N) is 2. The van der Waals surface area contributed by atoms with Gasteiger partial charge in [-0.05, 0) is 6.92 Å². The summed E-state index contributed by atoms with van der Waals surface area (Å²) in [6.07, 6.45) is 0. The average Bonchev–Trinajstić information content (AvgIpc) is 2.58. The smallest absolute Gasteiger partial charge is 0.328 e. The fraction of sp³-hybridized carbons (Fsp3) is 0.385. The minimum Gasteiger partial charge on any atom is -0.489 e. The van der Waals surface area contributed by atoms with Gasteiger partial charge >= 0.3 is 17.3 Å². The van der Waals surface area contributed by atoms with Gasteiger partial charge in [-0.2, -0.15) is 0 Å². The van der Waals surface area contributed by atoms with Crippen LogP contribution in [0.4, 0.5) is 11.4 Å². The van der Waals surface area contributed by atoms with E-state index in [1.54, 1.807) is 0 Å². The number of carbonyl (C=O) groups is 2. The van der Waals surface area contributed by atoms with E-state index in [-0.39, 0.29) is 0 Å². The minimum atomic E-state index is -1.12. The Morgan fingerprint density at radius 3 is 1.80 bits per heavy atom. The minimum absolute atomic E-state index is 0.540. The Morgan fingerprint density at radius 1 is 1.04 bits per heavy atom. The van der Waals surface area contributed by atoms with Crippen molar-refractivity contribution in [3.8, 4) is 11.5 Å². The molecular formula is C13H15N3O9. The molecule has 0 heterocycles. The number of hydrogen-bond donors (Lipinski definition) is 1. The van der Waals surface area contributed by atoms with Crippen LogP contribution in [0.5, 0.6) is 11.5 Å². The second-order valence-corrected chi connectivity index (χ2v) is 4.59. The van der Waals surface area contributed by atoms with E-state index in [0.29, 0.717) is 6.07 Å². The van der Waals surface area contributed by atoms with Gasteiger partial charge in [0.15, 0.2) is 0 Å². The van der Waals surface area contributed by atoms with Crippen LogP contribution in [0, 0.1) is 20.2 Å². The van der Waals surface area contributed by atoms with E-state index in [4.69, 9.17) is 9.47 Å². The van der Waals surface area contributed by atoms with Gasteiger partial charge in [0.25, 0.3) is 5.91 Å². The van der Waals surface area contributed by atoms with Crippen molar-refractivity contribution in [1.29, 1.82) is 0 Å². The summed E-state index contributed by atoms with van der Waals surface area (Å²) in [6.45, 7) is 1.30. The molecule has 1 atom stereocenters. The number of esters is 1. The summed E-state index contributed by atoms with van der Waals surface area (Å²) in [5, 5.41) is 24.5. The zero-order valence-corrected chi connectivity index (χ0v) is 13.7. The summed E-state index contributed by atoms with van der Waals surface area (Å²) in [6, 6.07) is -0.497. The summed E-state index contributed by atoms with van der Waals surface area (Å²) in [4.78, 5) is 44.3. The van der Waals surface area contributed by atoms with Gasteiger partial charge in [0.2, 0.25) is 11.5 Å². The second-order valence-electron chi connectivity index (χ2n) is 4.59. The molecule has 0 radical (unpaired) electrons. The number of hydrogen-bond acceptors (Lipinski definition) is 9. The zero-order chi connectivity index (χ0) is 19.3. The van der Waals surface area contributed by atoms with Crippen LogP contribution in [-0.4, -0.2) is 49.1 Å². The van der Waals surface area contributed by atoms with Crippen molar-refractivity contribution in [3.05, 3.63) is 31.9 Å². The molecule has 25 heavy (non-hydrogen) atoms. The maximum Gasteiger partial charge on any atom is 0.328 e. The van der Waals surface area contributed by atoms with Crippen molar-refractivity contribution in [2.45, 2.75) is 13.0 Å². The third-order valence-corrected chi connectivity index (χ3v) is 3.12. The van der Waals surface area contributed by atoms with Gasteiger partial charge in [-0.3, -0.25) is 25.0 Å². The predicted molar refractivity (Wildman–Crippen MR) is 81.8 cm³/mol. The van der Waals surface area contributed by atoms with Crippen molar-refractivity contribution in [2.24, 2.45) is 0 Å². The Morgan fingerprint density at radius 2 is 1.48 bits per heavy atom. The molecule has 12 nitrogen and oxygen atoms in total. The molecule has 1 rings (SSSR count). The van der Waals surface area contributed by atoms with Gasteiger partial charge in [0, 0.05) is 0 Å². The molecule has 136 valence electrons. The normalized spacial score (nSPS) is 11.2. The molecule has 0 bridgehead atoms. The lowest BCUT2D eigenvalue weighted by Crippen LogP contribution is -2.39. The van der Waals surface area contributed by atoms with Crippen molar-refractivity contribution >= 4 is 23.3 Å². The lowest BCUT2D eigenvalue weighted by molar-refractivity contribution is -0.395. The van der Waals surface area contributed by atoms with E-state index in [1.807, 2.05) is 0 Å². The van der Waals surface area contributed by atoms with E-state index in [9.17, 15) is 29.8 Å². The van der Waals surface area contributed by atoms with Gasteiger partial charge in [0.05, 0.1) is 31.2 Å². The molecule has 0 aromatic heterocycles. The van der Waals surface area contributed by atoms with Crippen LogP contribution in [0.2, 0.25) is 0 Å². The highest BCUT2D eigenvalue weighted by Crippen LogP contribution is 2.43. The predicted octanol–water partition coefficient (Wildman–Crippen LogP) is 0.812. The molecular weight excluding hydrogens is 342 g/mol. The highest BCUT2D eigenvalue weighted by Gasteiger charge is 2.36. The van der Waals surface area contributed by atoms with E-state index < -0.39 is 56.2 Å². The largest absolute Gasteiger partial charge is 0.489 e. The maximum absolute atomic E-state index is 12.5. The van der Waals surface area contributed by atoms with Gasteiger partial charge in [-0.15, -0.1) is 0 Å². The van der Waals surface area contributed by atoms with Gasteiger partial charge in [-0.25, -0.2) is 4.79 Å². The SMILES string of the molecule is COC(=O)[C@@H](C)NC(=O)c1c(OC)c([N+](=O)[O-])cc([N+](=O)[O-])c1OC. The van der Waals surface area contributed by atoms with Crippen molar-refractivity contribution in [2.75, 3.05) is 21.3 Å². The number of ether oxygens (including phenoxy) is 3. The third-order valence-electron chi connectivity index (χ3n) is 3.12. The lowest BCUT2D eigenvalue weighted by Gasteiger charge is -2.16. The molecule has 0 aliphatic rings. The number of carbonyl (C=O) groups excluding carboxylic acids is 2. The van der Waals surface area contributed by atoms with Crippen molar-refractivity contribution in [3.63, 3.8) is 0 Å². The summed E-state index contributed by atoms with van der Waals surface area (Å²) in [5.41, 5.74) is -2.18. The first-order chi connectivity index (χ1) is 11.7. The Labute approximate surface area is 141 Å². The molecule has 0 saturated carbocycles. The number of methoxy groups -OCH3 is 3. The summed E-state index contributed by atoms with van der Waals surface area (Å²) < 4.78 is 14.2. The van der Waals surface area contributed by atoms with Crippen LogP contribution in [-0.2, 0) is 9.53 Å². The van der Waals surface area contributed by atoms with E-state index in [1.165, 1.54) is 6.92 Å². The molecule has 0 aliphatic carbocycles. The summed E-state index contributed by atoms with van der Waals surface area (Å²) >= 11 is 0. The summed E-state index contributed by atoms with van der Waals surface area (Å²) in [7, 11) is 3.20. The molecule has 0 fully saturated rings. The Balaban J connectivity index is 3.64. The van der Waals surface area contributed by atoms with Crippen LogP contribution < -0.4 is 14.8 Å². The van der Waals surface area contributed by atoms with Crippen LogP contribution >= 0.6 is 0 Å². The number of rotatable bonds is 7. The Kier molecular flexibility index (Phi) is 6.19. The van der Waals surface area contributed by atoms with Gasteiger partial charge in [-0.1, -0.05) is 0 Å². The molecule has 1 aromatic rings. The second kappa shape index (κ2) is 7.90.